The summed E-state index contributed by atoms with van der Waals surface area (Å²) in [4.78, 5) is 0.192. The Bertz CT molecular complexity index is 426. The van der Waals surface area contributed by atoms with Crippen LogP contribution in [0.15, 0.2) is 23.1 Å². The van der Waals surface area contributed by atoms with Gasteiger partial charge in [-0.3, -0.25) is 0 Å². The highest BCUT2D eigenvalue weighted by Gasteiger charge is 2.10. The van der Waals surface area contributed by atoms with Crippen molar-refractivity contribution in [1.82, 2.24) is 5.32 Å². The van der Waals surface area contributed by atoms with Gasteiger partial charge in [0, 0.05) is 6.54 Å². The van der Waals surface area contributed by atoms with Crippen LogP contribution in [0.3, 0.4) is 0 Å². The van der Waals surface area contributed by atoms with Crippen LogP contribution in [0.25, 0.3) is 0 Å². The topological polar surface area (TPSA) is 72.2 Å². The molecule has 0 bridgehead atoms. The third kappa shape index (κ3) is 2.54. The molecule has 4 nitrogen and oxygen atoms in total. The molecular weight excluding hydrogens is 200 g/mol. The van der Waals surface area contributed by atoms with Gasteiger partial charge in [0.05, 0.1) is 4.90 Å². The van der Waals surface area contributed by atoms with Crippen molar-refractivity contribution in [3.8, 4) is 0 Å². The summed E-state index contributed by atoms with van der Waals surface area (Å²) in [6.07, 6.45) is 0. The zero-order valence-corrected chi connectivity index (χ0v) is 9.06. The first-order valence-electron chi connectivity index (χ1n) is 4.22. The fraction of sp³-hybridized carbons (Fsp3) is 0.333. The molecule has 0 amide bonds. The molecule has 1 aromatic rings. The molecule has 0 aromatic heterocycles. The molecule has 1 aromatic carbocycles. The minimum atomic E-state index is -3.59. The lowest BCUT2D eigenvalue weighted by Crippen LogP contribution is -2.14. The summed E-state index contributed by atoms with van der Waals surface area (Å²) in [7, 11) is -1.75. The molecule has 78 valence electrons. The van der Waals surface area contributed by atoms with Crippen LogP contribution in [0.5, 0.6) is 0 Å². The van der Waals surface area contributed by atoms with Gasteiger partial charge in [0.1, 0.15) is 0 Å². The van der Waals surface area contributed by atoms with Crippen molar-refractivity contribution in [3.63, 3.8) is 0 Å². The SMILES string of the molecule is CNCc1ccc(S(N)(=O)=O)c(C)c1. The molecule has 3 N–H and O–H groups in total. The second kappa shape index (κ2) is 4.08. The van der Waals surface area contributed by atoms with Gasteiger partial charge in [-0.25, -0.2) is 13.6 Å². The zero-order valence-electron chi connectivity index (χ0n) is 8.24. The lowest BCUT2D eigenvalue weighted by atomic mass is 10.1. The van der Waals surface area contributed by atoms with E-state index in [1.807, 2.05) is 13.1 Å². The van der Waals surface area contributed by atoms with Crippen molar-refractivity contribution in [2.24, 2.45) is 5.14 Å². The predicted molar refractivity (Wildman–Crippen MR) is 55.3 cm³/mol. The Morgan fingerprint density at radius 2 is 2.07 bits per heavy atom. The number of nitrogens with two attached hydrogens (primary N) is 1. The average molecular weight is 214 g/mol. The molecule has 0 saturated heterocycles. The van der Waals surface area contributed by atoms with Gasteiger partial charge < -0.3 is 5.32 Å². The van der Waals surface area contributed by atoms with Crippen molar-refractivity contribution in [2.75, 3.05) is 7.05 Å². The number of sulfonamides is 1. The molecule has 0 unspecified atom stereocenters. The van der Waals surface area contributed by atoms with Crippen molar-refractivity contribution in [3.05, 3.63) is 29.3 Å². The highest BCUT2D eigenvalue weighted by atomic mass is 32.2. The highest BCUT2D eigenvalue weighted by Crippen LogP contribution is 2.14. The fourth-order valence-corrected chi connectivity index (χ4v) is 2.11. The van der Waals surface area contributed by atoms with E-state index in [0.29, 0.717) is 12.1 Å². The van der Waals surface area contributed by atoms with Gasteiger partial charge in [-0.05, 0) is 31.2 Å². The van der Waals surface area contributed by atoms with Gasteiger partial charge in [0.25, 0.3) is 0 Å². The maximum absolute atomic E-state index is 11.1. The van der Waals surface area contributed by atoms with Gasteiger partial charge in [-0.2, -0.15) is 0 Å². The van der Waals surface area contributed by atoms with Crippen LogP contribution >= 0.6 is 0 Å². The van der Waals surface area contributed by atoms with Gasteiger partial charge in [-0.15, -0.1) is 0 Å². The second-order valence-electron chi connectivity index (χ2n) is 3.18. The van der Waals surface area contributed by atoms with E-state index in [4.69, 9.17) is 5.14 Å². The number of aryl methyl sites for hydroxylation is 1. The van der Waals surface area contributed by atoms with Crippen LogP contribution in [0.1, 0.15) is 11.1 Å². The van der Waals surface area contributed by atoms with E-state index >= 15 is 0 Å². The second-order valence-corrected chi connectivity index (χ2v) is 4.71. The highest BCUT2D eigenvalue weighted by molar-refractivity contribution is 7.89. The van der Waals surface area contributed by atoms with Gasteiger partial charge in [0.15, 0.2) is 0 Å². The molecule has 5 heteroatoms. The molecule has 0 aliphatic rings. The van der Waals surface area contributed by atoms with Crippen LogP contribution in [0, 0.1) is 6.92 Å². The van der Waals surface area contributed by atoms with E-state index in [1.165, 1.54) is 6.07 Å². The lowest BCUT2D eigenvalue weighted by Gasteiger charge is -2.06. The Morgan fingerprint density at radius 3 is 2.50 bits per heavy atom. The normalized spacial score (nSPS) is 11.6. The molecule has 14 heavy (non-hydrogen) atoms. The summed E-state index contributed by atoms with van der Waals surface area (Å²) in [5.74, 6) is 0. The molecule has 0 saturated carbocycles. The Morgan fingerprint density at radius 1 is 1.43 bits per heavy atom. The number of benzene rings is 1. The molecular formula is C9H14N2O2S. The van der Waals surface area contributed by atoms with E-state index in [-0.39, 0.29) is 4.90 Å². The van der Waals surface area contributed by atoms with Gasteiger partial charge in [0.2, 0.25) is 10.0 Å². The largest absolute Gasteiger partial charge is 0.316 e. The van der Waals surface area contributed by atoms with Crippen LogP contribution in [0.2, 0.25) is 0 Å². The summed E-state index contributed by atoms with van der Waals surface area (Å²) < 4.78 is 22.2. The van der Waals surface area contributed by atoms with Crippen molar-refractivity contribution < 1.29 is 8.42 Å². The molecule has 0 heterocycles. The van der Waals surface area contributed by atoms with Crippen LogP contribution in [-0.2, 0) is 16.6 Å². The first-order chi connectivity index (χ1) is 6.45. The number of nitrogens with one attached hydrogen (secondary N) is 1. The number of primary sulfonamides is 1. The Kier molecular flexibility index (Phi) is 3.25. The monoisotopic (exact) mass is 214 g/mol. The van der Waals surface area contributed by atoms with E-state index in [9.17, 15) is 8.42 Å². The number of rotatable bonds is 3. The van der Waals surface area contributed by atoms with Crippen LogP contribution in [0.4, 0.5) is 0 Å². The third-order valence-corrected chi connectivity index (χ3v) is 3.00. The first-order valence-corrected chi connectivity index (χ1v) is 5.76. The molecule has 0 radical (unpaired) electrons. The van der Waals surface area contributed by atoms with E-state index < -0.39 is 10.0 Å². The summed E-state index contributed by atoms with van der Waals surface area (Å²) in [5, 5.41) is 8.03. The summed E-state index contributed by atoms with van der Waals surface area (Å²) >= 11 is 0. The quantitative estimate of drug-likeness (QED) is 0.763. The third-order valence-electron chi connectivity index (χ3n) is 1.93. The zero-order chi connectivity index (χ0) is 10.8. The molecule has 0 atom stereocenters. The average Bonchev–Trinajstić information content (AvgIpc) is 2.02. The predicted octanol–water partition coefficient (Wildman–Crippen LogP) is 0.362. The number of hydrogen-bond acceptors (Lipinski definition) is 3. The van der Waals surface area contributed by atoms with Gasteiger partial charge in [-0.1, -0.05) is 12.1 Å². The maximum Gasteiger partial charge on any atom is 0.238 e. The fourth-order valence-electron chi connectivity index (χ4n) is 1.34. The van der Waals surface area contributed by atoms with E-state index in [2.05, 4.69) is 5.32 Å². The lowest BCUT2D eigenvalue weighted by molar-refractivity contribution is 0.597. The molecule has 0 fully saturated rings. The van der Waals surface area contributed by atoms with Crippen molar-refractivity contribution in [1.29, 1.82) is 0 Å². The Balaban J connectivity index is 3.15. The number of hydrogen-bond donors (Lipinski definition) is 2. The minimum Gasteiger partial charge on any atom is -0.316 e. The first kappa shape index (κ1) is 11.2. The standard InChI is InChI=1S/C9H14N2O2S/c1-7-5-8(6-11-2)3-4-9(7)14(10,12)13/h3-5,11H,6H2,1-2H3,(H2,10,12,13). The van der Waals surface area contributed by atoms with Crippen molar-refractivity contribution in [2.45, 2.75) is 18.4 Å². The summed E-state index contributed by atoms with van der Waals surface area (Å²) in [6.45, 7) is 2.45. The Hall–Kier alpha value is -0.910. The van der Waals surface area contributed by atoms with Crippen LogP contribution < -0.4 is 10.5 Å². The smallest absolute Gasteiger partial charge is 0.238 e. The molecule has 0 aliphatic heterocycles. The van der Waals surface area contributed by atoms with E-state index in [0.717, 1.165) is 5.56 Å². The maximum atomic E-state index is 11.1. The van der Waals surface area contributed by atoms with Gasteiger partial charge >= 0.3 is 0 Å². The molecule has 0 aliphatic carbocycles. The summed E-state index contributed by atoms with van der Waals surface area (Å²) in [5.41, 5.74) is 1.72. The van der Waals surface area contributed by atoms with Crippen LogP contribution in [-0.4, -0.2) is 15.5 Å². The Labute approximate surface area is 84.2 Å². The van der Waals surface area contributed by atoms with Crippen molar-refractivity contribution >= 4 is 10.0 Å². The molecule has 0 spiro atoms. The van der Waals surface area contributed by atoms with E-state index in [1.54, 1.807) is 13.0 Å². The summed E-state index contributed by atoms with van der Waals surface area (Å²) in [6, 6.07) is 5.11. The minimum absolute atomic E-state index is 0.192. The molecule has 1 rings (SSSR count).